The standard InChI is InChI=1S/C19H20FN3S/c1-19(21)6-8-23(9-7-19)18-22-17(12-24-18)15-3-2-14-11-16(20)5-4-13(14)10-15/h2-5,10-12H,6-9,21H2,1H3. The summed E-state index contributed by atoms with van der Waals surface area (Å²) < 4.78 is 13.3. The first-order valence-corrected chi connectivity index (χ1v) is 9.07. The van der Waals surface area contributed by atoms with Gasteiger partial charge in [0.1, 0.15) is 5.82 Å². The fourth-order valence-corrected chi connectivity index (χ4v) is 4.02. The van der Waals surface area contributed by atoms with Gasteiger partial charge < -0.3 is 10.6 Å². The lowest BCUT2D eigenvalue weighted by Gasteiger charge is -2.36. The van der Waals surface area contributed by atoms with Crippen molar-refractivity contribution in [3.8, 4) is 11.3 Å². The molecule has 1 aliphatic rings. The Labute approximate surface area is 144 Å². The van der Waals surface area contributed by atoms with Crippen molar-refractivity contribution in [3.63, 3.8) is 0 Å². The Morgan fingerprint density at radius 2 is 1.83 bits per heavy atom. The van der Waals surface area contributed by atoms with Crippen molar-refractivity contribution in [1.29, 1.82) is 0 Å². The average molecular weight is 341 g/mol. The summed E-state index contributed by atoms with van der Waals surface area (Å²) in [5.41, 5.74) is 8.20. The zero-order chi connectivity index (χ0) is 16.7. The van der Waals surface area contributed by atoms with E-state index in [1.807, 2.05) is 18.2 Å². The highest BCUT2D eigenvalue weighted by molar-refractivity contribution is 7.14. The highest BCUT2D eigenvalue weighted by Gasteiger charge is 2.27. The molecule has 0 unspecified atom stereocenters. The normalized spacial score (nSPS) is 17.4. The maximum Gasteiger partial charge on any atom is 0.185 e. The first-order chi connectivity index (χ1) is 11.5. The number of rotatable bonds is 2. The lowest BCUT2D eigenvalue weighted by molar-refractivity contribution is 0.364. The quantitative estimate of drug-likeness (QED) is 0.750. The van der Waals surface area contributed by atoms with Crippen molar-refractivity contribution < 1.29 is 4.39 Å². The smallest absolute Gasteiger partial charge is 0.185 e. The minimum absolute atomic E-state index is 0.0514. The lowest BCUT2D eigenvalue weighted by atomic mass is 9.91. The molecule has 1 fully saturated rings. The average Bonchev–Trinajstić information content (AvgIpc) is 3.04. The second-order valence-corrected chi connectivity index (χ2v) is 7.70. The van der Waals surface area contributed by atoms with Crippen LogP contribution >= 0.6 is 11.3 Å². The van der Waals surface area contributed by atoms with Crippen LogP contribution in [0.1, 0.15) is 19.8 Å². The third kappa shape index (κ3) is 3.01. The number of piperidine rings is 1. The van der Waals surface area contributed by atoms with Crippen LogP contribution in [0.5, 0.6) is 0 Å². The summed E-state index contributed by atoms with van der Waals surface area (Å²) in [6, 6.07) is 10.9. The number of benzene rings is 2. The molecule has 0 spiro atoms. The number of hydrogen-bond acceptors (Lipinski definition) is 4. The van der Waals surface area contributed by atoms with Gasteiger partial charge in [0.05, 0.1) is 5.69 Å². The molecule has 2 heterocycles. The minimum atomic E-state index is -0.205. The maximum absolute atomic E-state index is 13.3. The number of nitrogens with zero attached hydrogens (tertiary/aromatic N) is 2. The van der Waals surface area contributed by atoms with Crippen LogP contribution < -0.4 is 10.6 Å². The van der Waals surface area contributed by atoms with Gasteiger partial charge in [-0.1, -0.05) is 18.2 Å². The van der Waals surface area contributed by atoms with Crippen molar-refractivity contribution in [3.05, 3.63) is 47.6 Å². The molecule has 1 saturated heterocycles. The maximum atomic E-state index is 13.3. The fourth-order valence-electron chi connectivity index (χ4n) is 3.13. The van der Waals surface area contributed by atoms with Crippen LogP contribution in [0.25, 0.3) is 22.0 Å². The molecule has 24 heavy (non-hydrogen) atoms. The highest BCUT2D eigenvalue weighted by Crippen LogP contribution is 2.32. The van der Waals surface area contributed by atoms with Crippen molar-refractivity contribution >= 4 is 27.2 Å². The van der Waals surface area contributed by atoms with Crippen LogP contribution in [-0.2, 0) is 0 Å². The van der Waals surface area contributed by atoms with Gasteiger partial charge in [-0.25, -0.2) is 9.37 Å². The van der Waals surface area contributed by atoms with Crippen LogP contribution in [0, 0.1) is 5.82 Å². The SMILES string of the molecule is CC1(N)CCN(c2nc(-c3ccc4cc(F)ccc4c3)cs2)CC1. The summed E-state index contributed by atoms with van der Waals surface area (Å²) in [6.07, 6.45) is 1.98. The predicted molar refractivity (Wildman–Crippen MR) is 99.1 cm³/mol. The molecule has 0 radical (unpaired) electrons. The number of thiazole rings is 1. The molecule has 0 atom stereocenters. The fraction of sp³-hybridized carbons (Fsp3) is 0.316. The largest absolute Gasteiger partial charge is 0.348 e. The van der Waals surface area contributed by atoms with Crippen molar-refractivity contribution in [2.75, 3.05) is 18.0 Å². The number of anilines is 1. The van der Waals surface area contributed by atoms with Gasteiger partial charge in [-0.15, -0.1) is 11.3 Å². The molecule has 124 valence electrons. The molecule has 1 aliphatic heterocycles. The topological polar surface area (TPSA) is 42.1 Å². The molecule has 2 N–H and O–H groups in total. The summed E-state index contributed by atoms with van der Waals surface area (Å²) in [6.45, 7) is 4.03. The van der Waals surface area contributed by atoms with E-state index in [0.29, 0.717) is 0 Å². The van der Waals surface area contributed by atoms with Crippen LogP contribution in [-0.4, -0.2) is 23.6 Å². The molecule has 2 aromatic carbocycles. The Morgan fingerprint density at radius 3 is 2.62 bits per heavy atom. The third-order valence-corrected chi connectivity index (χ3v) is 5.67. The van der Waals surface area contributed by atoms with E-state index in [9.17, 15) is 4.39 Å². The minimum Gasteiger partial charge on any atom is -0.348 e. The molecular weight excluding hydrogens is 321 g/mol. The molecule has 0 bridgehead atoms. The van der Waals surface area contributed by atoms with E-state index in [1.54, 1.807) is 17.4 Å². The number of fused-ring (bicyclic) bond motifs is 1. The Balaban J connectivity index is 1.59. The molecular formula is C19H20FN3S. The van der Waals surface area contributed by atoms with Gasteiger partial charge in [0, 0.05) is 29.6 Å². The molecule has 1 aromatic heterocycles. The van der Waals surface area contributed by atoms with E-state index in [4.69, 9.17) is 10.7 Å². The van der Waals surface area contributed by atoms with Gasteiger partial charge in [-0.05, 0) is 48.7 Å². The van der Waals surface area contributed by atoms with Crippen LogP contribution in [0.15, 0.2) is 41.8 Å². The summed E-state index contributed by atoms with van der Waals surface area (Å²) in [4.78, 5) is 7.12. The van der Waals surface area contributed by atoms with Crippen LogP contribution in [0.4, 0.5) is 9.52 Å². The second-order valence-electron chi connectivity index (χ2n) is 6.86. The van der Waals surface area contributed by atoms with E-state index in [2.05, 4.69) is 23.3 Å². The molecule has 3 aromatic rings. The first-order valence-electron chi connectivity index (χ1n) is 8.19. The second kappa shape index (κ2) is 5.83. The lowest BCUT2D eigenvalue weighted by Crippen LogP contribution is -2.48. The first kappa shape index (κ1) is 15.5. The Hall–Kier alpha value is -1.98. The molecule has 4 rings (SSSR count). The Bertz CT molecular complexity index is 877. The highest BCUT2D eigenvalue weighted by atomic mass is 32.1. The number of aromatic nitrogens is 1. The Morgan fingerprint density at radius 1 is 1.12 bits per heavy atom. The van der Waals surface area contributed by atoms with Crippen LogP contribution in [0.3, 0.4) is 0 Å². The summed E-state index contributed by atoms with van der Waals surface area (Å²) >= 11 is 1.67. The third-order valence-electron chi connectivity index (χ3n) is 4.77. The number of halogens is 1. The van der Waals surface area contributed by atoms with E-state index in [-0.39, 0.29) is 11.4 Å². The van der Waals surface area contributed by atoms with E-state index >= 15 is 0 Å². The predicted octanol–water partition coefficient (Wildman–Crippen LogP) is 4.42. The molecule has 0 amide bonds. The molecule has 0 saturated carbocycles. The van der Waals surface area contributed by atoms with Gasteiger partial charge in [0.2, 0.25) is 0 Å². The molecule has 0 aliphatic carbocycles. The van der Waals surface area contributed by atoms with Crippen molar-refractivity contribution in [2.24, 2.45) is 5.73 Å². The number of nitrogens with two attached hydrogens (primary N) is 1. The van der Waals surface area contributed by atoms with Crippen molar-refractivity contribution in [1.82, 2.24) is 4.98 Å². The molecule has 5 heteroatoms. The van der Waals surface area contributed by atoms with Gasteiger partial charge in [-0.3, -0.25) is 0 Å². The zero-order valence-electron chi connectivity index (χ0n) is 13.6. The van der Waals surface area contributed by atoms with E-state index in [0.717, 1.165) is 53.1 Å². The summed E-state index contributed by atoms with van der Waals surface area (Å²) in [7, 11) is 0. The van der Waals surface area contributed by atoms with Gasteiger partial charge >= 0.3 is 0 Å². The molecule has 3 nitrogen and oxygen atoms in total. The van der Waals surface area contributed by atoms with Gasteiger partial charge in [0.15, 0.2) is 5.13 Å². The number of hydrogen-bond donors (Lipinski definition) is 1. The van der Waals surface area contributed by atoms with Gasteiger partial charge in [-0.2, -0.15) is 0 Å². The van der Waals surface area contributed by atoms with Crippen LogP contribution in [0.2, 0.25) is 0 Å². The van der Waals surface area contributed by atoms with Crippen molar-refractivity contribution in [2.45, 2.75) is 25.3 Å². The Kier molecular flexibility index (Phi) is 3.77. The zero-order valence-corrected chi connectivity index (χ0v) is 14.4. The summed E-state index contributed by atoms with van der Waals surface area (Å²) in [5.74, 6) is -0.205. The summed E-state index contributed by atoms with van der Waals surface area (Å²) in [5, 5.41) is 5.09. The van der Waals surface area contributed by atoms with E-state index in [1.165, 1.54) is 6.07 Å². The van der Waals surface area contributed by atoms with Gasteiger partial charge in [0.25, 0.3) is 0 Å². The van der Waals surface area contributed by atoms with E-state index < -0.39 is 0 Å². The monoisotopic (exact) mass is 341 g/mol.